The van der Waals surface area contributed by atoms with E-state index in [0.717, 1.165) is 18.7 Å². The molecule has 26 heavy (non-hydrogen) atoms. The first kappa shape index (κ1) is 17.1. The average Bonchev–Trinajstić information content (AvgIpc) is 3.25. The zero-order valence-electron chi connectivity index (χ0n) is 14.4. The molecule has 0 bridgehead atoms. The van der Waals surface area contributed by atoms with Crippen LogP contribution in [-0.4, -0.2) is 26.6 Å². The fraction of sp³-hybridized carbons (Fsp3) is 0.316. The molecule has 6 nitrogen and oxygen atoms in total. The first-order chi connectivity index (χ1) is 12.5. The van der Waals surface area contributed by atoms with Gasteiger partial charge in [0.1, 0.15) is 0 Å². The lowest BCUT2D eigenvalue weighted by Gasteiger charge is -2.17. The molecule has 0 spiro atoms. The Labute approximate surface area is 153 Å². The van der Waals surface area contributed by atoms with E-state index in [1.165, 1.54) is 15.4 Å². The summed E-state index contributed by atoms with van der Waals surface area (Å²) in [4.78, 5) is 12.4. The Bertz CT molecular complexity index is 939. The molecule has 0 aliphatic carbocycles. The lowest BCUT2D eigenvalue weighted by Crippen LogP contribution is -2.25. The summed E-state index contributed by atoms with van der Waals surface area (Å²) in [5, 5.41) is 6.19. The SMILES string of the molecule is O=C(NCc1ccc(N2CCCS2(=O)=O)cc1)c1ccc2c(c1)CNC2. The first-order valence-corrected chi connectivity index (χ1v) is 10.3. The summed E-state index contributed by atoms with van der Waals surface area (Å²) in [6.07, 6.45) is 0.663. The van der Waals surface area contributed by atoms with Crippen LogP contribution in [0, 0.1) is 0 Å². The zero-order valence-corrected chi connectivity index (χ0v) is 15.2. The molecule has 1 saturated heterocycles. The predicted molar refractivity (Wildman–Crippen MR) is 100 cm³/mol. The van der Waals surface area contributed by atoms with Gasteiger partial charge in [0.05, 0.1) is 11.4 Å². The van der Waals surface area contributed by atoms with Crippen molar-refractivity contribution < 1.29 is 13.2 Å². The van der Waals surface area contributed by atoms with E-state index >= 15 is 0 Å². The molecule has 1 fully saturated rings. The van der Waals surface area contributed by atoms with E-state index in [1.54, 1.807) is 12.1 Å². The lowest BCUT2D eigenvalue weighted by atomic mass is 10.1. The molecule has 0 radical (unpaired) electrons. The van der Waals surface area contributed by atoms with Gasteiger partial charge in [0.2, 0.25) is 10.0 Å². The van der Waals surface area contributed by atoms with Crippen molar-refractivity contribution in [3.8, 4) is 0 Å². The smallest absolute Gasteiger partial charge is 0.251 e. The second kappa shape index (κ2) is 6.74. The predicted octanol–water partition coefficient (Wildman–Crippen LogP) is 1.76. The molecule has 0 atom stereocenters. The average molecular weight is 371 g/mol. The van der Waals surface area contributed by atoms with Gasteiger partial charge in [0.25, 0.3) is 5.91 Å². The summed E-state index contributed by atoms with van der Waals surface area (Å²) >= 11 is 0. The van der Waals surface area contributed by atoms with Crippen LogP contribution in [0.3, 0.4) is 0 Å². The van der Waals surface area contributed by atoms with Crippen molar-refractivity contribution in [1.29, 1.82) is 0 Å². The number of amides is 1. The van der Waals surface area contributed by atoms with Crippen LogP contribution in [0.4, 0.5) is 5.69 Å². The fourth-order valence-corrected chi connectivity index (χ4v) is 4.99. The maximum absolute atomic E-state index is 12.4. The molecular formula is C19H21N3O3S. The van der Waals surface area contributed by atoms with Crippen molar-refractivity contribution in [3.63, 3.8) is 0 Å². The summed E-state index contributed by atoms with van der Waals surface area (Å²) in [5.41, 5.74) is 4.69. The molecule has 2 aliphatic heterocycles. The minimum Gasteiger partial charge on any atom is -0.348 e. The maximum atomic E-state index is 12.4. The molecule has 2 aromatic carbocycles. The van der Waals surface area contributed by atoms with Crippen LogP contribution in [0.2, 0.25) is 0 Å². The van der Waals surface area contributed by atoms with Crippen molar-refractivity contribution in [2.45, 2.75) is 26.1 Å². The number of nitrogens with one attached hydrogen (secondary N) is 2. The number of rotatable bonds is 4. The molecule has 1 amide bonds. The van der Waals surface area contributed by atoms with Crippen molar-refractivity contribution in [2.24, 2.45) is 0 Å². The molecule has 0 unspecified atom stereocenters. The molecule has 2 heterocycles. The number of nitrogens with zero attached hydrogens (tertiary/aromatic N) is 1. The number of anilines is 1. The molecule has 0 saturated carbocycles. The van der Waals surface area contributed by atoms with Gasteiger partial charge in [-0.25, -0.2) is 8.42 Å². The van der Waals surface area contributed by atoms with Crippen molar-refractivity contribution in [1.82, 2.24) is 10.6 Å². The van der Waals surface area contributed by atoms with Gasteiger partial charge in [-0.15, -0.1) is 0 Å². The van der Waals surface area contributed by atoms with E-state index in [4.69, 9.17) is 0 Å². The molecular weight excluding hydrogens is 350 g/mol. The van der Waals surface area contributed by atoms with Gasteiger partial charge in [-0.1, -0.05) is 18.2 Å². The second-order valence-corrected chi connectivity index (χ2v) is 8.69. The summed E-state index contributed by atoms with van der Waals surface area (Å²) in [7, 11) is -3.16. The Kier molecular flexibility index (Phi) is 4.42. The summed E-state index contributed by atoms with van der Waals surface area (Å²) in [5.74, 6) is 0.104. The minimum atomic E-state index is -3.16. The Morgan fingerprint density at radius 3 is 2.58 bits per heavy atom. The van der Waals surface area contributed by atoms with Crippen molar-refractivity contribution in [3.05, 3.63) is 64.7 Å². The van der Waals surface area contributed by atoms with Gasteiger partial charge in [0.15, 0.2) is 0 Å². The number of fused-ring (bicyclic) bond motifs is 1. The summed E-state index contributed by atoms with van der Waals surface area (Å²) in [6, 6.07) is 13.1. The fourth-order valence-electron chi connectivity index (χ4n) is 3.43. The van der Waals surface area contributed by atoms with Crippen LogP contribution in [0.25, 0.3) is 0 Å². The van der Waals surface area contributed by atoms with Crippen LogP contribution in [0.5, 0.6) is 0 Å². The number of carbonyl (C=O) groups is 1. The highest BCUT2D eigenvalue weighted by Gasteiger charge is 2.28. The Hall–Kier alpha value is -2.38. The Morgan fingerprint density at radius 1 is 1.08 bits per heavy atom. The van der Waals surface area contributed by atoms with Gasteiger partial charge in [-0.05, 0) is 47.4 Å². The minimum absolute atomic E-state index is 0.106. The Morgan fingerprint density at radius 2 is 1.85 bits per heavy atom. The molecule has 2 N–H and O–H groups in total. The largest absolute Gasteiger partial charge is 0.348 e. The summed E-state index contributed by atoms with van der Waals surface area (Å²) < 4.78 is 25.4. The van der Waals surface area contributed by atoms with Crippen LogP contribution in [0.15, 0.2) is 42.5 Å². The van der Waals surface area contributed by atoms with Gasteiger partial charge in [0, 0.05) is 31.7 Å². The highest BCUT2D eigenvalue weighted by molar-refractivity contribution is 7.93. The van der Waals surface area contributed by atoms with Crippen molar-refractivity contribution in [2.75, 3.05) is 16.6 Å². The number of hydrogen-bond acceptors (Lipinski definition) is 4. The van der Waals surface area contributed by atoms with E-state index in [2.05, 4.69) is 10.6 Å². The molecule has 0 aromatic heterocycles. The molecule has 4 rings (SSSR count). The van der Waals surface area contributed by atoms with E-state index in [9.17, 15) is 13.2 Å². The molecule has 2 aromatic rings. The van der Waals surface area contributed by atoms with E-state index in [-0.39, 0.29) is 11.7 Å². The highest BCUT2D eigenvalue weighted by atomic mass is 32.2. The van der Waals surface area contributed by atoms with Crippen LogP contribution >= 0.6 is 0 Å². The van der Waals surface area contributed by atoms with Gasteiger partial charge in [-0.3, -0.25) is 9.10 Å². The number of sulfonamides is 1. The van der Waals surface area contributed by atoms with Crippen LogP contribution in [0.1, 0.15) is 33.5 Å². The van der Waals surface area contributed by atoms with Gasteiger partial charge < -0.3 is 10.6 Å². The van der Waals surface area contributed by atoms with Crippen LogP contribution in [-0.2, 0) is 29.7 Å². The highest BCUT2D eigenvalue weighted by Crippen LogP contribution is 2.24. The third-order valence-corrected chi connectivity index (χ3v) is 6.75. The number of hydrogen-bond donors (Lipinski definition) is 2. The maximum Gasteiger partial charge on any atom is 0.251 e. The zero-order chi connectivity index (χ0) is 18.1. The quantitative estimate of drug-likeness (QED) is 0.858. The number of carbonyl (C=O) groups excluding carboxylic acids is 1. The lowest BCUT2D eigenvalue weighted by molar-refractivity contribution is 0.0951. The van der Waals surface area contributed by atoms with Gasteiger partial charge >= 0.3 is 0 Å². The normalized spacial score (nSPS) is 17.9. The van der Waals surface area contributed by atoms with Crippen molar-refractivity contribution >= 4 is 21.6 Å². The molecule has 2 aliphatic rings. The standard InChI is InChI=1S/C19H21N3O3S/c23-19(15-4-5-16-12-20-13-17(16)10-15)21-11-14-2-6-18(7-3-14)22-8-1-9-26(22,24)25/h2-7,10,20H,1,8-9,11-13H2,(H,21,23). The van der Waals surface area contributed by atoms with E-state index in [0.29, 0.717) is 30.8 Å². The molecule has 136 valence electrons. The van der Waals surface area contributed by atoms with Crippen LogP contribution < -0.4 is 14.9 Å². The number of benzene rings is 2. The monoisotopic (exact) mass is 371 g/mol. The first-order valence-electron chi connectivity index (χ1n) is 8.73. The second-order valence-electron chi connectivity index (χ2n) is 6.68. The van der Waals surface area contributed by atoms with Gasteiger partial charge in [-0.2, -0.15) is 0 Å². The Balaban J connectivity index is 1.39. The third-order valence-electron chi connectivity index (χ3n) is 4.88. The third kappa shape index (κ3) is 3.32. The van der Waals surface area contributed by atoms with E-state index in [1.807, 2.05) is 30.3 Å². The van der Waals surface area contributed by atoms with E-state index < -0.39 is 10.0 Å². The summed E-state index contributed by atoms with van der Waals surface area (Å²) in [6.45, 7) is 2.60. The molecule has 7 heteroatoms. The topological polar surface area (TPSA) is 78.5 Å².